The number of hydrogen-bond donors (Lipinski definition) is 1. The third-order valence-corrected chi connectivity index (χ3v) is 5.06. The fourth-order valence-corrected chi connectivity index (χ4v) is 3.57. The van der Waals surface area contributed by atoms with E-state index < -0.39 is 0 Å². The Morgan fingerprint density at radius 3 is 2.67 bits per heavy atom. The molecule has 3 nitrogen and oxygen atoms in total. The van der Waals surface area contributed by atoms with Crippen LogP contribution in [0.2, 0.25) is 0 Å². The Kier molecular flexibility index (Phi) is 5.56. The van der Waals surface area contributed by atoms with Crippen molar-refractivity contribution in [2.45, 2.75) is 38.6 Å². The van der Waals surface area contributed by atoms with Gasteiger partial charge in [0.05, 0.1) is 6.04 Å². The van der Waals surface area contributed by atoms with Crippen LogP contribution in [0, 0.1) is 6.92 Å². The second-order valence-corrected chi connectivity index (χ2v) is 7.33. The molecule has 0 spiro atoms. The van der Waals surface area contributed by atoms with Crippen molar-refractivity contribution in [2.24, 2.45) is 0 Å². The van der Waals surface area contributed by atoms with Crippen molar-refractivity contribution >= 4 is 27.6 Å². The van der Waals surface area contributed by atoms with Gasteiger partial charge in [-0.1, -0.05) is 58.6 Å². The molecule has 1 aliphatic rings. The van der Waals surface area contributed by atoms with Gasteiger partial charge in [-0.25, -0.2) is 4.79 Å². The zero-order chi connectivity index (χ0) is 16.9. The number of halogens is 1. The molecule has 1 N–H and O–H groups in total. The van der Waals surface area contributed by atoms with Crippen molar-refractivity contribution in [3.05, 3.63) is 64.1 Å². The lowest BCUT2D eigenvalue weighted by Crippen LogP contribution is -2.38. The fourth-order valence-electron chi connectivity index (χ4n) is 3.30. The molecule has 0 bridgehead atoms. The van der Waals surface area contributed by atoms with Gasteiger partial charge in [-0.3, -0.25) is 0 Å². The Morgan fingerprint density at radius 1 is 1.12 bits per heavy atom. The normalized spacial score (nSPS) is 18.1. The maximum atomic E-state index is 12.9. The van der Waals surface area contributed by atoms with E-state index in [0.717, 1.165) is 29.5 Å². The third kappa shape index (κ3) is 4.18. The molecule has 2 aromatic rings. The second kappa shape index (κ2) is 7.84. The maximum absolute atomic E-state index is 12.9. The number of carbonyl (C=O) groups is 1. The second-order valence-electron chi connectivity index (χ2n) is 6.41. The van der Waals surface area contributed by atoms with E-state index in [2.05, 4.69) is 52.4 Å². The van der Waals surface area contributed by atoms with Gasteiger partial charge in [0.2, 0.25) is 0 Å². The van der Waals surface area contributed by atoms with Gasteiger partial charge in [0.15, 0.2) is 0 Å². The molecule has 1 aliphatic heterocycles. The van der Waals surface area contributed by atoms with Crippen molar-refractivity contribution in [3.8, 4) is 0 Å². The monoisotopic (exact) mass is 386 g/mol. The summed E-state index contributed by atoms with van der Waals surface area (Å²) in [5.74, 6) is 0. The smallest absolute Gasteiger partial charge is 0.317 e. The number of benzene rings is 2. The first-order chi connectivity index (χ1) is 11.6. The summed E-state index contributed by atoms with van der Waals surface area (Å²) in [6.07, 6.45) is 4.44. The number of likely N-dealkylation sites (tertiary alicyclic amines) is 1. The van der Waals surface area contributed by atoms with E-state index in [1.54, 1.807) is 0 Å². The SMILES string of the molecule is Cc1cccc(C2CCCCCN2C(=O)Nc2ccc(Br)cc2)c1. The van der Waals surface area contributed by atoms with Crippen molar-refractivity contribution in [2.75, 3.05) is 11.9 Å². The quantitative estimate of drug-likeness (QED) is 0.683. The highest BCUT2D eigenvalue weighted by Crippen LogP contribution is 2.31. The number of anilines is 1. The zero-order valence-electron chi connectivity index (χ0n) is 14.0. The maximum Gasteiger partial charge on any atom is 0.322 e. The Labute approximate surface area is 152 Å². The van der Waals surface area contributed by atoms with Crippen LogP contribution in [0.1, 0.15) is 42.9 Å². The molecule has 24 heavy (non-hydrogen) atoms. The minimum absolute atomic E-state index is 0.00858. The molecule has 0 aromatic heterocycles. The summed E-state index contributed by atoms with van der Waals surface area (Å²) in [5.41, 5.74) is 3.31. The lowest BCUT2D eigenvalue weighted by Gasteiger charge is -2.30. The van der Waals surface area contributed by atoms with Crippen LogP contribution in [-0.4, -0.2) is 17.5 Å². The number of carbonyl (C=O) groups excluding carboxylic acids is 1. The summed E-state index contributed by atoms with van der Waals surface area (Å²) in [4.78, 5) is 14.9. The van der Waals surface area contributed by atoms with Gasteiger partial charge in [-0.15, -0.1) is 0 Å². The number of hydrogen-bond acceptors (Lipinski definition) is 1. The van der Waals surface area contributed by atoms with Crippen molar-refractivity contribution < 1.29 is 4.79 Å². The van der Waals surface area contributed by atoms with E-state index in [-0.39, 0.29) is 12.1 Å². The van der Waals surface area contributed by atoms with E-state index in [1.165, 1.54) is 24.0 Å². The highest BCUT2D eigenvalue weighted by molar-refractivity contribution is 9.10. The lowest BCUT2D eigenvalue weighted by atomic mass is 9.99. The lowest BCUT2D eigenvalue weighted by molar-refractivity contribution is 0.189. The minimum atomic E-state index is -0.00858. The molecule has 0 radical (unpaired) electrons. The zero-order valence-corrected chi connectivity index (χ0v) is 15.6. The molecule has 1 heterocycles. The molecular weight excluding hydrogens is 364 g/mol. The average Bonchev–Trinajstić information content (AvgIpc) is 2.83. The van der Waals surface area contributed by atoms with Gasteiger partial charge < -0.3 is 10.2 Å². The Morgan fingerprint density at radius 2 is 1.92 bits per heavy atom. The molecule has 1 saturated heterocycles. The number of rotatable bonds is 2. The highest BCUT2D eigenvalue weighted by atomic mass is 79.9. The van der Waals surface area contributed by atoms with Gasteiger partial charge >= 0.3 is 6.03 Å². The van der Waals surface area contributed by atoms with Crippen molar-refractivity contribution in [1.82, 2.24) is 4.90 Å². The Balaban J connectivity index is 1.81. The number of amides is 2. The molecule has 0 saturated carbocycles. The largest absolute Gasteiger partial charge is 0.322 e. The first-order valence-electron chi connectivity index (χ1n) is 8.53. The molecule has 126 valence electrons. The fraction of sp³-hybridized carbons (Fsp3) is 0.350. The van der Waals surface area contributed by atoms with E-state index >= 15 is 0 Å². The van der Waals surface area contributed by atoms with Crippen LogP contribution < -0.4 is 5.32 Å². The van der Waals surface area contributed by atoms with E-state index in [1.807, 2.05) is 29.2 Å². The van der Waals surface area contributed by atoms with Gasteiger partial charge in [0, 0.05) is 16.7 Å². The highest BCUT2D eigenvalue weighted by Gasteiger charge is 2.26. The summed E-state index contributed by atoms with van der Waals surface area (Å²) >= 11 is 3.42. The van der Waals surface area contributed by atoms with Crippen LogP contribution in [0.4, 0.5) is 10.5 Å². The minimum Gasteiger partial charge on any atom is -0.317 e. The molecule has 0 aliphatic carbocycles. The third-order valence-electron chi connectivity index (χ3n) is 4.54. The van der Waals surface area contributed by atoms with Crippen LogP contribution in [0.3, 0.4) is 0 Å². The predicted molar refractivity (Wildman–Crippen MR) is 102 cm³/mol. The van der Waals surface area contributed by atoms with Crippen LogP contribution >= 0.6 is 15.9 Å². The van der Waals surface area contributed by atoms with E-state index in [0.29, 0.717) is 0 Å². The topological polar surface area (TPSA) is 32.3 Å². The number of nitrogens with one attached hydrogen (secondary N) is 1. The number of nitrogens with zero attached hydrogens (tertiary/aromatic N) is 1. The Hall–Kier alpha value is -1.81. The molecule has 4 heteroatoms. The predicted octanol–water partition coefficient (Wildman–Crippen LogP) is 5.91. The first kappa shape index (κ1) is 17.0. The molecular formula is C20H23BrN2O. The van der Waals surface area contributed by atoms with Gasteiger partial charge in [0.1, 0.15) is 0 Å². The molecule has 2 amide bonds. The van der Waals surface area contributed by atoms with E-state index in [9.17, 15) is 4.79 Å². The average molecular weight is 387 g/mol. The number of aryl methyl sites for hydroxylation is 1. The van der Waals surface area contributed by atoms with Crippen LogP contribution in [0.25, 0.3) is 0 Å². The van der Waals surface area contributed by atoms with Crippen LogP contribution in [0.15, 0.2) is 53.0 Å². The van der Waals surface area contributed by atoms with Gasteiger partial charge in [-0.05, 0) is 49.6 Å². The molecule has 1 unspecified atom stereocenters. The van der Waals surface area contributed by atoms with Gasteiger partial charge in [-0.2, -0.15) is 0 Å². The van der Waals surface area contributed by atoms with E-state index in [4.69, 9.17) is 0 Å². The van der Waals surface area contributed by atoms with Crippen molar-refractivity contribution in [3.63, 3.8) is 0 Å². The summed E-state index contributed by atoms with van der Waals surface area (Å²) in [6.45, 7) is 2.91. The molecule has 1 fully saturated rings. The molecule has 2 aromatic carbocycles. The summed E-state index contributed by atoms with van der Waals surface area (Å²) in [7, 11) is 0. The molecule has 1 atom stereocenters. The van der Waals surface area contributed by atoms with Crippen molar-refractivity contribution in [1.29, 1.82) is 0 Å². The summed E-state index contributed by atoms with van der Waals surface area (Å²) in [6, 6.07) is 16.4. The molecule has 3 rings (SSSR count). The summed E-state index contributed by atoms with van der Waals surface area (Å²) < 4.78 is 1.01. The first-order valence-corrected chi connectivity index (χ1v) is 9.32. The Bertz CT molecular complexity index is 699. The number of urea groups is 1. The standard InChI is InChI=1S/C20H23BrN2O/c1-15-6-5-7-16(14-15)19-8-3-2-4-13-23(19)20(24)22-18-11-9-17(21)10-12-18/h5-7,9-12,14,19H,2-4,8,13H2,1H3,(H,22,24). The van der Waals surface area contributed by atoms with Crippen LogP contribution in [-0.2, 0) is 0 Å². The van der Waals surface area contributed by atoms with Crippen LogP contribution in [0.5, 0.6) is 0 Å². The summed E-state index contributed by atoms with van der Waals surface area (Å²) in [5, 5.41) is 3.05. The van der Waals surface area contributed by atoms with Gasteiger partial charge in [0.25, 0.3) is 0 Å².